The molecule has 1 N–H and O–H groups in total. The summed E-state index contributed by atoms with van der Waals surface area (Å²) >= 11 is 1.43. The number of nitrogens with zero attached hydrogens (tertiary/aromatic N) is 4. The summed E-state index contributed by atoms with van der Waals surface area (Å²) in [7, 11) is 0. The van der Waals surface area contributed by atoms with Crippen molar-refractivity contribution in [3.05, 3.63) is 51.4 Å². The van der Waals surface area contributed by atoms with Crippen LogP contribution in [0.15, 0.2) is 34.4 Å². The first-order valence-electron chi connectivity index (χ1n) is 12.6. The maximum absolute atomic E-state index is 12.8. The van der Waals surface area contributed by atoms with Gasteiger partial charge in [0.05, 0.1) is 18.7 Å². The summed E-state index contributed by atoms with van der Waals surface area (Å²) in [6.07, 6.45) is 3.17. The minimum atomic E-state index is -0.0198. The number of benzene rings is 1. The molecule has 9 nitrogen and oxygen atoms in total. The lowest BCUT2D eigenvalue weighted by atomic mass is 10.1. The van der Waals surface area contributed by atoms with E-state index in [0.717, 1.165) is 34.8 Å². The van der Waals surface area contributed by atoms with Crippen molar-refractivity contribution in [2.24, 2.45) is 0 Å². The van der Waals surface area contributed by atoms with Gasteiger partial charge in [-0.05, 0) is 62.3 Å². The SMILES string of the molecule is CCCn1c(=O)c2sccc2n2c(CCCC(=O)NCCc3ccc(OCC)c(OCC)c3)nnc12. The van der Waals surface area contributed by atoms with Crippen molar-refractivity contribution in [2.75, 3.05) is 19.8 Å². The van der Waals surface area contributed by atoms with Crippen molar-refractivity contribution in [3.8, 4) is 11.5 Å². The summed E-state index contributed by atoms with van der Waals surface area (Å²) < 4.78 is 15.7. The molecule has 4 rings (SSSR count). The highest BCUT2D eigenvalue weighted by molar-refractivity contribution is 7.17. The fraction of sp³-hybridized carbons (Fsp3) is 0.462. The molecular weight excluding hydrogens is 478 g/mol. The van der Waals surface area contributed by atoms with E-state index in [4.69, 9.17) is 9.47 Å². The van der Waals surface area contributed by atoms with Gasteiger partial charge in [0, 0.05) is 25.9 Å². The second-order valence-corrected chi connectivity index (χ2v) is 9.36. The van der Waals surface area contributed by atoms with Gasteiger partial charge in [-0.3, -0.25) is 18.6 Å². The van der Waals surface area contributed by atoms with E-state index >= 15 is 0 Å². The van der Waals surface area contributed by atoms with Crippen molar-refractivity contribution in [2.45, 2.75) is 59.4 Å². The van der Waals surface area contributed by atoms with Gasteiger partial charge in [-0.25, -0.2) is 0 Å². The number of hydrogen-bond acceptors (Lipinski definition) is 7. The summed E-state index contributed by atoms with van der Waals surface area (Å²) in [5, 5.41) is 13.6. The van der Waals surface area contributed by atoms with Crippen molar-refractivity contribution >= 4 is 33.2 Å². The molecule has 0 aliphatic heterocycles. The number of ether oxygens (including phenoxy) is 2. The van der Waals surface area contributed by atoms with Crippen LogP contribution in [0.4, 0.5) is 0 Å². The van der Waals surface area contributed by atoms with E-state index in [2.05, 4.69) is 15.5 Å². The molecule has 192 valence electrons. The first kappa shape index (κ1) is 25.7. The molecule has 0 fully saturated rings. The number of carbonyl (C=O) groups excluding carboxylic acids is 1. The van der Waals surface area contributed by atoms with Crippen molar-refractivity contribution in [1.29, 1.82) is 0 Å². The number of carbonyl (C=O) groups is 1. The molecule has 0 aliphatic carbocycles. The summed E-state index contributed by atoms with van der Waals surface area (Å²) in [4.78, 5) is 25.3. The van der Waals surface area contributed by atoms with Crippen LogP contribution in [0.25, 0.3) is 16.0 Å². The van der Waals surface area contributed by atoms with Gasteiger partial charge in [-0.1, -0.05) is 13.0 Å². The first-order valence-corrected chi connectivity index (χ1v) is 13.4. The summed E-state index contributed by atoms with van der Waals surface area (Å²) in [6, 6.07) is 7.82. The predicted octanol–water partition coefficient (Wildman–Crippen LogP) is 3.99. The van der Waals surface area contributed by atoms with Crippen LogP contribution in [0.5, 0.6) is 11.5 Å². The summed E-state index contributed by atoms with van der Waals surface area (Å²) in [6.45, 7) is 8.20. The quantitative estimate of drug-likeness (QED) is 0.291. The Morgan fingerprint density at radius 3 is 2.64 bits per heavy atom. The molecule has 0 bridgehead atoms. The fourth-order valence-corrected chi connectivity index (χ4v) is 5.08. The van der Waals surface area contributed by atoms with Crippen LogP contribution in [-0.2, 0) is 24.2 Å². The topological polar surface area (TPSA) is 99.8 Å². The van der Waals surface area contributed by atoms with E-state index in [-0.39, 0.29) is 11.5 Å². The average molecular weight is 512 g/mol. The van der Waals surface area contributed by atoms with Gasteiger partial charge in [0.2, 0.25) is 11.7 Å². The van der Waals surface area contributed by atoms with Gasteiger partial charge in [-0.15, -0.1) is 21.5 Å². The number of thiophene rings is 1. The highest BCUT2D eigenvalue weighted by Crippen LogP contribution is 2.28. The van der Waals surface area contributed by atoms with Gasteiger partial charge in [-0.2, -0.15) is 0 Å². The van der Waals surface area contributed by atoms with E-state index in [1.165, 1.54) is 11.3 Å². The zero-order valence-electron chi connectivity index (χ0n) is 21.1. The maximum atomic E-state index is 12.8. The molecule has 0 unspecified atom stereocenters. The van der Waals surface area contributed by atoms with Crippen LogP contribution in [-0.4, -0.2) is 44.8 Å². The second-order valence-electron chi connectivity index (χ2n) is 8.44. The van der Waals surface area contributed by atoms with Gasteiger partial charge >= 0.3 is 0 Å². The van der Waals surface area contributed by atoms with Gasteiger partial charge in [0.15, 0.2) is 11.5 Å². The molecule has 0 atom stereocenters. The van der Waals surface area contributed by atoms with Crippen LogP contribution in [0.2, 0.25) is 0 Å². The van der Waals surface area contributed by atoms with Crippen molar-refractivity contribution in [1.82, 2.24) is 24.5 Å². The molecule has 0 saturated carbocycles. The fourth-order valence-electron chi connectivity index (χ4n) is 4.26. The normalized spacial score (nSPS) is 11.3. The predicted molar refractivity (Wildman–Crippen MR) is 141 cm³/mol. The smallest absolute Gasteiger partial charge is 0.272 e. The van der Waals surface area contributed by atoms with E-state index in [0.29, 0.717) is 62.5 Å². The number of amides is 1. The minimum absolute atomic E-state index is 0.00311. The molecule has 0 saturated heterocycles. The molecule has 1 aromatic carbocycles. The second kappa shape index (κ2) is 12.0. The van der Waals surface area contributed by atoms with Gasteiger partial charge in [0.1, 0.15) is 10.5 Å². The average Bonchev–Trinajstić information content (AvgIpc) is 3.51. The number of hydrogen-bond donors (Lipinski definition) is 1. The molecule has 10 heteroatoms. The third kappa shape index (κ3) is 5.53. The van der Waals surface area contributed by atoms with E-state index < -0.39 is 0 Å². The third-order valence-corrected chi connectivity index (χ3v) is 6.77. The minimum Gasteiger partial charge on any atom is -0.490 e. The Morgan fingerprint density at radius 1 is 1.06 bits per heavy atom. The van der Waals surface area contributed by atoms with Crippen molar-refractivity contribution < 1.29 is 14.3 Å². The van der Waals surface area contributed by atoms with Gasteiger partial charge in [0.25, 0.3) is 5.56 Å². The Bertz CT molecular complexity index is 1390. The monoisotopic (exact) mass is 511 g/mol. The standard InChI is InChI=1S/C26H33N5O4S/c1-4-15-30-25(33)24-19(13-16-36-24)31-22(28-29-26(30)31)8-7-9-23(32)27-14-12-18-10-11-20(34-5-2)21(17-18)35-6-3/h10-11,13,16-17H,4-9,12,14-15H2,1-3H3,(H,27,32). The van der Waals surface area contributed by atoms with Crippen molar-refractivity contribution in [3.63, 3.8) is 0 Å². The Balaban J connectivity index is 1.33. The largest absolute Gasteiger partial charge is 0.490 e. The summed E-state index contributed by atoms with van der Waals surface area (Å²) in [5.41, 5.74) is 1.89. The van der Waals surface area contributed by atoms with E-state index in [9.17, 15) is 9.59 Å². The molecule has 36 heavy (non-hydrogen) atoms. The van der Waals surface area contributed by atoms with Crippen LogP contribution in [0, 0.1) is 0 Å². The van der Waals surface area contributed by atoms with E-state index in [1.807, 2.05) is 54.8 Å². The molecule has 3 aromatic heterocycles. The van der Waals surface area contributed by atoms with Gasteiger partial charge < -0.3 is 14.8 Å². The number of nitrogens with one attached hydrogen (secondary N) is 1. The van der Waals surface area contributed by atoms with Crippen LogP contribution in [0.3, 0.4) is 0 Å². The molecule has 0 radical (unpaired) electrons. The number of aryl methyl sites for hydroxylation is 2. The highest BCUT2D eigenvalue weighted by Gasteiger charge is 2.17. The first-order chi connectivity index (χ1) is 17.6. The Labute approximate surface area is 214 Å². The number of rotatable bonds is 13. The summed E-state index contributed by atoms with van der Waals surface area (Å²) in [5.74, 6) is 2.80. The number of fused-ring (bicyclic) bond motifs is 3. The number of aromatic nitrogens is 4. The lowest BCUT2D eigenvalue weighted by molar-refractivity contribution is -0.121. The third-order valence-electron chi connectivity index (χ3n) is 5.87. The molecule has 3 heterocycles. The lowest BCUT2D eigenvalue weighted by Crippen LogP contribution is -2.25. The molecule has 1 amide bonds. The Kier molecular flexibility index (Phi) is 8.58. The van der Waals surface area contributed by atoms with Crippen LogP contribution < -0.4 is 20.3 Å². The Morgan fingerprint density at radius 2 is 1.86 bits per heavy atom. The van der Waals surface area contributed by atoms with Crippen LogP contribution >= 0.6 is 11.3 Å². The molecule has 0 aliphatic rings. The highest BCUT2D eigenvalue weighted by atomic mass is 32.1. The maximum Gasteiger partial charge on any atom is 0.272 e. The molecular formula is C26H33N5O4S. The zero-order valence-corrected chi connectivity index (χ0v) is 21.9. The van der Waals surface area contributed by atoms with E-state index in [1.54, 1.807) is 4.57 Å². The molecule has 4 aromatic rings. The lowest BCUT2D eigenvalue weighted by Gasteiger charge is -2.12. The van der Waals surface area contributed by atoms with Crippen LogP contribution in [0.1, 0.15) is 51.4 Å². The Hall–Kier alpha value is -3.40. The molecule has 0 spiro atoms. The zero-order chi connectivity index (χ0) is 25.5.